The van der Waals surface area contributed by atoms with Crippen LogP contribution in [0.2, 0.25) is 0 Å². The van der Waals surface area contributed by atoms with Crippen molar-refractivity contribution in [2.24, 2.45) is 0 Å². The average Bonchev–Trinajstić information content (AvgIpc) is 2.45. The number of hydrogen-bond donors (Lipinski definition) is 0. The number of phosphoric acid groups is 1. The Balaban J connectivity index is 0. The Kier molecular flexibility index (Phi) is 20.8. The summed E-state index contributed by atoms with van der Waals surface area (Å²) in [6, 6.07) is 0. The van der Waals surface area contributed by atoms with Crippen molar-refractivity contribution in [3.05, 3.63) is 0 Å². The first-order chi connectivity index (χ1) is 10.1. The van der Waals surface area contributed by atoms with Crippen LogP contribution in [0.3, 0.4) is 0 Å². The molecule has 0 amide bonds. The minimum Gasteiger partial charge on any atom is -0.756 e. The molecule has 6 heteroatoms. The molecule has 22 heavy (non-hydrogen) atoms. The fraction of sp³-hybridized carbons (Fsp3) is 1.00. The Hall–Kier alpha value is 0.876. The van der Waals surface area contributed by atoms with Crippen LogP contribution in [0.25, 0.3) is 0 Å². The summed E-state index contributed by atoms with van der Waals surface area (Å²) in [5.74, 6) is 0. The minimum absolute atomic E-state index is 0. The summed E-state index contributed by atoms with van der Waals surface area (Å²) < 4.78 is 21.2. The molecule has 0 aromatic carbocycles. The van der Waals surface area contributed by atoms with E-state index >= 15 is 0 Å². The van der Waals surface area contributed by atoms with Crippen molar-refractivity contribution in [1.82, 2.24) is 0 Å². The summed E-state index contributed by atoms with van der Waals surface area (Å²) in [5, 5.41) is 0. The van der Waals surface area contributed by atoms with Gasteiger partial charge in [-0.15, -0.1) is 0 Å². The van der Waals surface area contributed by atoms with Gasteiger partial charge < -0.3 is 13.9 Å². The van der Waals surface area contributed by atoms with E-state index in [4.69, 9.17) is 9.05 Å². The Morgan fingerprint density at radius 3 is 1.36 bits per heavy atom. The number of hydrogen-bond acceptors (Lipinski definition) is 4. The zero-order chi connectivity index (χ0) is 15.8. The van der Waals surface area contributed by atoms with Gasteiger partial charge in [-0.05, 0) is 12.8 Å². The molecule has 0 aliphatic heterocycles. The van der Waals surface area contributed by atoms with Crippen LogP contribution in [-0.4, -0.2) is 36.3 Å². The van der Waals surface area contributed by atoms with Crippen LogP contribution in [-0.2, 0) is 13.6 Å². The van der Waals surface area contributed by atoms with Crippen molar-refractivity contribution in [3.8, 4) is 0 Å². The zero-order valence-corrected chi connectivity index (χ0v) is 17.0. The van der Waals surface area contributed by atoms with Crippen LogP contribution in [0, 0.1) is 0 Å². The van der Waals surface area contributed by atoms with Crippen molar-refractivity contribution < 1.29 is 18.5 Å². The van der Waals surface area contributed by atoms with E-state index < -0.39 is 7.82 Å². The summed E-state index contributed by atoms with van der Waals surface area (Å²) in [6.07, 6.45) is 13.3. The smallest absolute Gasteiger partial charge is 0.756 e. The molecule has 0 unspecified atom stereocenters. The average molecular weight is 346 g/mol. The molecule has 0 atom stereocenters. The maximum Gasteiger partial charge on any atom is 2.00 e. The molecule has 0 saturated heterocycles. The van der Waals surface area contributed by atoms with Gasteiger partial charge in [-0.25, -0.2) is 0 Å². The van der Waals surface area contributed by atoms with Gasteiger partial charge in [-0.2, -0.15) is 0 Å². The first kappa shape index (κ1) is 25.1. The van der Waals surface area contributed by atoms with Crippen molar-refractivity contribution in [2.45, 2.75) is 90.9 Å². The van der Waals surface area contributed by atoms with Crippen molar-refractivity contribution in [1.29, 1.82) is 0 Å². The third-order valence-electron chi connectivity index (χ3n) is 3.49. The molecule has 0 radical (unpaired) electrons. The van der Waals surface area contributed by atoms with Gasteiger partial charge >= 0.3 is 23.1 Å². The topological polar surface area (TPSA) is 58.6 Å². The molecule has 0 aromatic heterocycles. The van der Waals surface area contributed by atoms with Gasteiger partial charge in [0.1, 0.15) is 0 Å². The maximum atomic E-state index is 11.5. The first-order valence-corrected chi connectivity index (χ1v) is 10.2. The van der Waals surface area contributed by atoms with Crippen LogP contribution in [0.5, 0.6) is 0 Å². The standard InChI is InChI=1S/C16H35O4P.Mg/c1-3-5-7-9-11-13-15-19-21(17,18)20-16-14-12-10-8-6-4-2;/h3-16H2,1-2H3,(H,17,18);/q;+2/p-1. The molecule has 0 fully saturated rings. The Morgan fingerprint density at radius 1 is 0.682 bits per heavy atom. The molecule has 0 saturated carbocycles. The second kappa shape index (κ2) is 18.2. The van der Waals surface area contributed by atoms with E-state index in [1.165, 1.54) is 38.5 Å². The van der Waals surface area contributed by atoms with Crippen LogP contribution in [0.4, 0.5) is 0 Å². The fourth-order valence-electron chi connectivity index (χ4n) is 2.15. The Labute approximate surface area is 153 Å². The van der Waals surface area contributed by atoms with Gasteiger partial charge in [-0.3, -0.25) is 4.57 Å². The molecule has 0 spiro atoms. The van der Waals surface area contributed by atoms with E-state index in [9.17, 15) is 9.46 Å². The van der Waals surface area contributed by atoms with Gasteiger partial charge in [0.2, 0.25) is 0 Å². The van der Waals surface area contributed by atoms with E-state index in [-0.39, 0.29) is 36.3 Å². The van der Waals surface area contributed by atoms with E-state index in [0.717, 1.165) is 38.5 Å². The van der Waals surface area contributed by atoms with Crippen molar-refractivity contribution in [2.75, 3.05) is 13.2 Å². The maximum absolute atomic E-state index is 11.5. The quantitative estimate of drug-likeness (QED) is 0.228. The molecule has 0 rings (SSSR count). The summed E-state index contributed by atoms with van der Waals surface area (Å²) in [7, 11) is -4.07. The Bertz CT molecular complexity index is 243. The van der Waals surface area contributed by atoms with Gasteiger partial charge in [0.05, 0.1) is 13.2 Å². The molecule has 0 aliphatic carbocycles. The molecular weight excluding hydrogens is 311 g/mol. The summed E-state index contributed by atoms with van der Waals surface area (Å²) >= 11 is 0. The number of unbranched alkanes of at least 4 members (excludes halogenated alkanes) is 10. The van der Waals surface area contributed by atoms with Crippen LogP contribution in [0.1, 0.15) is 90.9 Å². The third kappa shape index (κ3) is 18.9. The van der Waals surface area contributed by atoms with E-state index in [1.54, 1.807) is 0 Å². The molecular formula is C16H34MgO4P+. The second-order valence-corrected chi connectivity index (χ2v) is 7.06. The van der Waals surface area contributed by atoms with Gasteiger partial charge in [0.15, 0.2) is 0 Å². The van der Waals surface area contributed by atoms with E-state index in [2.05, 4.69) is 13.8 Å². The number of phosphoric ester groups is 1. The van der Waals surface area contributed by atoms with Crippen molar-refractivity contribution in [3.63, 3.8) is 0 Å². The Morgan fingerprint density at radius 2 is 1.00 bits per heavy atom. The number of rotatable bonds is 16. The van der Waals surface area contributed by atoms with Gasteiger partial charge in [-0.1, -0.05) is 78.1 Å². The molecule has 4 nitrogen and oxygen atoms in total. The molecule has 128 valence electrons. The molecule has 0 aliphatic rings. The largest absolute Gasteiger partial charge is 2.00 e. The van der Waals surface area contributed by atoms with Gasteiger partial charge in [0, 0.05) is 0 Å². The normalized spacial score (nSPS) is 11.4. The van der Waals surface area contributed by atoms with Crippen LogP contribution < -0.4 is 4.89 Å². The monoisotopic (exact) mass is 345 g/mol. The second-order valence-electron chi connectivity index (χ2n) is 5.65. The summed E-state index contributed by atoms with van der Waals surface area (Å²) in [4.78, 5) is 11.5. The zero-order valence-electron chi connectivity index (χ0n) is 14.7. The third-order valence-corrected chi connectivity index (χ3v) is 4.49. The van der Waals surface area contributed by atoms with Crippen LogP contribution in [0.15, 0.2) is 0 Å². The summed E-state index contributed by atoms with van der Waals surface area (Å²) in [5.41, 5.74) is 0. The fourth-order valence-corrected chi connectivity index (χ4v) is 2.93. The SMILES string of the molecule is CCCCCCCCOP(=O)([O-])OCCCCCCCC.[Mg+2]. The van der Waals surface area contributed by atoms with E-state index in [1.807, 2.05) is 0 Å². The van der Waals surface area contributed by atoms with Gasteiger partial charge in [0.25, 0.3) is 7.82 Å². The predicted octanol–water partition coefficient (Wildman–Crippen LogP) is 4.83. The van der Waals surface area contributed by atoms with E-state index in [0.29, 0.717) is 0 Å². The van der Waals surface area contributed by atoms with Crippen molar-refractivity contribution >= 4 is 30.9 Å². The predicted molar refractivity (Wildman–Crippen MR) is 92.0 cm³/mol. The first-order valence-electron chi connectivity index (χ1n) is 8.72. The van der Waals surface area contributed by atoms with Crippen LogP contribution >= 0.6 is 7.82 Å². The molecule has 0 aromatic rings. The molecule has 0 bridgehead atoms. The molecule has 0 N–H and O–H groups in total. The minimum atomic E-state index is -4.07. The summed E-state index contributed by atoms with van der Waals surface area (Å²) in [6.45, 7) is 4.86. The molecule has 0 heterocycles.